The topological polar surface area (TPSA) is 78.4 Å². The van der Waals surface area contributed by atoms with Crippen LogP contribution in [0.25, 0.3) is 0 Å². The van der Waals surface area contributed by atoms with Crippen LogP contribution in [0.5, 0.6) is 0 Å². The van der Waals surface area contributed by atoms with Gasteiger partial charge in [0.25, 0.3) is 0 Å². The third-order valence-electron chi connectivity index (χ3n) is 3.77. The Kier molecular flexibility index (Phi) is 6.31. The zero-order valence-electron chi connectivity index (χ0n) is 12.6. The van der Waals surface area contributed by atoms with Gasteiger partial charge in [-0.05, 0) is 31.0 Å². The van der Waals surface area contributed by atoms with Gasteiger partial charge in [0.2, 0.25) is 10.0 Å². The van der Waals surface area contributed by atoms with E-state index in [4.69, 9.17) is 11.6 Å². The van der Waals surface area contributed by atoms with Crippen LogP contribution in [0.3, 0.4) is 0 Å². The van der Waals surface area contributed by atoms with Gasteiger partial charge in [0.1, 0.15) is 0 Å². The lowest BCUT2D eigenvalue weighted by atomic mass is 9.83. The van der Waals surface area contributed by atoms with E-state index < -0.39 is 10.0 Å². The summed E-state index contributed by atoms with van der Waals surface area (Å²) >= 11 is 6.07. The van der Waals surface area contributed by atoms with Gasteiger partial charge in [-0.1, -0.05) is 25.4 Å². The predicted molar refractivity (Wildman–Crippen MR) is 88.5 cm³/mol. The van der Waals surface area contributed by atoms with E-state index >= 15 is 0 Å². The average Bonchev–Trinajstić information content (AvgIpc) is 2.42. The number of anilines is 2. The number of benzene rings is 1. The van der Waals surface area contributed by atoms with Gasteiger partial charge in [-0.25, -0.2) is 8.42 Å². The molecule has 0 spiro atoms. The van der Waals surface area contributed by atoms with Gasteiger partial charge in [-0.15, -0.1) is 0 Å². The Hall–Kier alpha value is -0.980. The average molecular weight is 335 g/mol. The number of rotatable bonds is 8. The summed E-state index contributed by atoms with van der Waals surface area (Å²) in [6.45, 7) is 4.85. The zero-order chi connectivity index (χ0) is 16.1. The van der Waals surface area contributed by atoms with Crippen molar-refractivity contribution in [3.05, 3.63) is 23.2 Å². The monoisotopic (exact) mass is 334 g/mol. The Morgan fingerprint density at radius 1 is 1.29 bits per heavy atom. The Morgan fingerprint density at radius 3 is 2.33 bits per heavy atom. The smallest absolute Gasteiger partial charge is 0.229 e. The molecule has 7 heteroatoms. The number of aliphatic hydroxyl groups excluding tert-OH is 1. The standard InChI is InChI=1S/C14H23ClN2O3S/c1-4-14(5-2,10-18)9-16-11-6-7-13(12(15)8-11)17-21(3,19)20/h6-8,16-18H,4-5,9-10H2,1-3H3. The first-order valence-electron chi connectivity index (χ1n) is 6.87. The number of nitrogens with one attached hydrogen (secondary N) is 2. The SMILES string of the molecule is CCC(CC)(CO)CNc1ccc(NS(C)(=O)=O)c(Cl)c1. The molecule has 5 nitrogen and oxygen atoms in total. The molecule has 3 N–H and O–H groups in total. The van der Waals surface area contributed by atoms with E-state index in [2.05, 4.69) is 10.0 Å². The van der Waals surface area contributed by atoms with Crippen LogP contribution in [0.2, 0.25) is 5.02 Å². The van der Waals surface area contributed by atoms with Crippen LogP contribution in [0.1, 0.15) is 26.7 Å². The van der Waals surface area contributed by atoms with Crippen LogP contribution in [-0.4, -0.2) is 32.9 Å². The molecule has 0 aliphatic rings. The first kappa shape index (κ1) is 18.1. The second kappa shape index (κ2) is 7.33. The maximum atomic E-state index is 11.2. The van der Waals surface area contributed by atoms with E-state index in [-0.39, 0.29) is 12.0 Å². The van der Waals surface area contributed by atoms with Crippen LogP contribution in [-0.2, 0) is 10.0 Å². The lowest BCUT2D eigenvalue weighted by Crippen LogP contribution is -2.32. The Labute approximate surface area is 131 Å². The fraction of sp³-hybridized carbons (Fsp3) is 0.571. The maximum absolute atomic E-state index is 11.2. The fourth-order valence-electron chi connectivity index (χ4n) is 1.98. The van der Waals surface area contributed by atoms with Crippen LogP contribution in [0, 0.1) is 5.41 Å². The molecule has 0 aliphatic carbocycles. The van der Waals surface area contributed by atoms with E-state index in [1.165, 1.54) is 0 Å². The van der Waals surface area contributed by atoms with Gasteiger partial charge in [-0.2, -0.15) is 0 Å². The molecule has 0 heterocycles. The summed E-state index contributed by atoms with van der Waals surface area (Å²) in [6, 6.07) is 5.04. The van der Waals surface area contributed by atoms with Crippen LogP contribution < -0.4 is 10.0 Å². The first-order chi connectivity index (χ1) is 9.75. The molecular formula is C14H23ClN2O3S. The van der Waals surface area contributed by atoms with Crippen molar-refractivity contribution in [1.82, 2.24) is 0 Å². The van der Waals surface area contributed by atoms with Gasteiger partial charge in [0.05, 0.1) is 23.6 Å². The lowest BCUT2D eigenvalue weighted by Gasteiger charge is -2.30. The number of aliphatic hydroxyl groups is 1. The Bertz CT molecular complexity index is 563. The fourth-order valence-corrected chi connectivity index (χ4v) is 2.84. The molecule has 0 unspecified atom stereocenters. The summed E-state index contributed by atoms with van der Waals surface area (Å²) in [5.41, 5.74) is 0.985. The van der Waals surface area contributed by atoms with Crippen molar-refractivity contribution < 1.29 is 13.5 Å². The lowest BCUT2D eigenvalue weighted by molar-refractivity contribution is 0.127. The second-order valence-electron chi connectivity index (χ2n) is 5.29. The van der Waals surface area contributed by atoms with Crippen molar-refractivity contribution in [2.24, 2.45) is 5.41 Å². The summed E-state index contributed by atoms with van der Waals surface area (Å²) < 4.78 is 24.8. The molecule has 120 valence electrons. The van der Waals surface area contributed by atoms with Crippen molar-refractivity contribution in [2.45, 2.75) is 26.7 Å². The van der Waals surface area contributed by atoms with E-state index in [1.807, 2.05) is 13.8 Å². The normalized spacial score (nSPS) is 12.2. The molecule has 0 saturated heterocycles. The highest BCUT2D eigenvalue weighted by Crippen LogP contribution is 2.29. The molecule has 0 saturated carbocycles. The van der Waals surface area contributed by atoms with E-state index in [0.29, 0.717) is 17.3 Å². The molecule has 0 fully saturated rings. The van der Waals surface area contributed by atoms with Crippen molar-refractivity contribution >= 4 is 33.0 Å². The second-order valence-corrected chi connectivity index (χ2v) is 7.44. The van der Waals surface area contributed by atoms with Gasteiger partial charge < -0.3 is 10.4 Å². The van der Waals surface area contributed by atoms with Crippen molar-refractivity contribution in [1.29, 1.82) is 0 Å². The molecule has 0 aromatic heterocycles. The Balaban J connectivity index is 2.81. The molecule has 0 amide bonds. The van der Waals surface area contributed by atoms with Gasteiger partial charge in [0.15, 0.2) is 0 Å². The number of sulfonamides is 1. The van der Waals surface area contributed by atoms with Gasteiger partial charge >= 0.3 is 0 Å². The van der Waals surface area contributed by atoms with Gasteiger partial charge in [-0.3, -0.25) is 4.72 Å². The molecule has 0 radical (unpaired) electrons. The molecule has 1 rings (SSSR count). The highest BCUT2D eigenvalue weighted by molar-refractivity contribution is 7.92. The summed E-state index contributed by atoms with van der Waals surface area (Å²) in [7, 11) is -3.35. The highest BCUT2D eigenvalue weighted by atomic mass is 35.5. The highest BCUT2D eigenvalue weighted by Gasteiger charge is 2.24. The first-order valence-corrected chi connectivity index (χ1v) is 9.14. The van der Waals surface area contributed by atoms with Gasteiger partial charge in [0, 0.05) is 17.6 Å². The van der Waals surface area contributed by atoms with Crippen molar-refractivity contribution in [3.63, 3.8) is 0 Å². The molecule has 0 bridgehead atoms. The largest absolute Gasteiger partial charge is 0.396 e. The minimum Gasteiger partial charge on any atom is -0.396 e. The molecule has 21 heavy (non-hydrogen) atoms. The van der Waals surface area contributed by atoms with E-state index in [1.54, 1.807) is 18.2 Å². The van der Waals surface area contributed by atoms with E-state index in [0.717, 1.165) is 24.8 Å². The number of halogens is 1. The minimum atomic E-state index is -3.35. The summed E-state index contributed by atoms with van der Waals surface area (Å²) in [5.74, 6) is 0. The van der Waals surface area contributed by atoms with Crippen molar-refractivity contribution in [2.75, 3.05) is 29.4 Å². The molecule has 1 aromatic carbocycles. The maximum Gasteiger partial charge on any atom is 0.229 e. The molecule has 0 atom stereocenters. The van der Waals surface area contributed by atoms with Crippen LogP contribution >= 0.6 is 11.6 Å². The summed E-state index contributed by atoms with van der Waals surface area (Å²) in [5, 5.41) is 13.1. The number of hydrogen-bond donors (Lipinski definition) is 3. The minimum absolute atomic E-state index is 0.119. The van der Waals surface area contributed by atoms with Crippen molar-refractivity contribution in [3.8, 4) is 0 Å². The Morgan fingerprint density at radius 2 is 1.90 bits per heavy atom. The van der Waals surface area contributed by atoms with E-state index in [9.17, 15) is 13.5 Å². The number of hydrogen-bond acceptors (Lipinski definition) is 4. The predicted octanol–water partition coefficient (Wildman–Crippen LogP) is 2.92. The zero-order valence-corrected chi connectivity index (χ0v) is 14.2. The third-order valence-corrected chi connectivity index (χ3v) is 4.67. The van der Waals surface area contributed by atoms with Crippen LogP contribution in [0.15, 0.2) is 18.2 Å². The molecule has 0 aliphatic heterocycles. The summed E-state index contributed by atoms with van der Waals surface area (Å²) in [4.78, 5) is 0. The quantitative estimate of drug-likeness (QED) is 0.683. The molecule has 1 aromatic rings. The summed E-state index contributed by atoms with van der Waals surface area (Å²) in [6.07, 6.45) is 2.82. The van der Waals surface area contributed by atoms with Crippen LogP contribution in [0.4, 0.5) is 11.4 Å². The molecular weight excluding hydrogens is 312 g/mol. The third kappa shape index (κ3) is 5.37.